The van der Waals surface area contributed by atoms with E-state index in [1.165, 1.54) is 27.6 Å². The molecule has 1 heterocycles. The Labute approximate surface area is 79.0 Å². The van der Waals surface area contributed by atoms with Crippen LogP contribution in [0.15, 0.2) is 18.3 Å². The van der Waals surface area contributed by atoms with Crippen LogP contribution in [-0.4, -0.2) is 4.57 Å². The van der Waals surface area contributed by atoms with E-state index in [1.54, 1.807) is 0 Å². The smallest absolute Gasteiger partial charge is 0.0483 e. The van der Waals surface area contributed by atoms with Gasteiger partial charge < -0.3 is 4.57 Å². The SMILES string of the molecule is Cc1cc2c(C)cn(C)c2cc1C. The van der Waals surface area contributed by atoms with Gasteiger partial charge in [-0.1, -0.05) is 0 Å². The van der Waals surface area contributed by atoms with Gasteiger partial charge in [0.1, 0.15) is 0 Å². The fraction of sp³-hybridized carbons (Fsp3) is 0.333. The van der Waals surface area contributed by atoms with Crippen molar-refractivity contribution in [2.75, 3.05) is 0 Å². The second kappa shape index (κ2) is 2.63. The van der Waals surface area contributed by atoms with Gasteiger partial charge in [-0.2, -0.15) is 0 Å². The highest BCUT2D eigenvalue weighted by Crippen LogP contribution is 2.23. The maximum atomic E-state index is 2.28. The Hall–Kier alpha value is -1.24. The Kier molecular flexibility index (Phi) is 1.69. The minimum atomic E-state index is 1.33. The number of rotatable bonds is 0. The van der Waals surface area contributed by atoms with Gasteiger partial charge in [-0.15, -0.1) is 0 Å². The van der Waals surface area contributed by atoms with Gasteiger partial charge in [-0.3, -0.25) is 0 Å². The van der Waals surface area contributed by atoms with Crippen molar-refractivity contribution in [3.8, 4) is 0 Å². The first-order valence-corrected chi connectivity index (χ1v) is 4.62. The van der Waals surface area contributed by atoms with E-state index in [1.807, 2.05) is 0 Å². The van der Waals surface area contributed by atoms with Crippen molar-refractivity contribution in [2.24, 2.45) is 7.05 Å². The van der Waals surface area contributed by atoms with Crippen LogP contribution in [0.2, 0.25) is 0 Å². The normalized spacial score (nSPS) is 11.1. The molecule has 0 spiro atoms. The molecule has 0 saturated carbocycles. The Bertz CT molecular complexity index is 421. The molecule has 0 aliphatic carbocycles. The molecule has 1 heteroatoms. The monoisotopic (exact) mass is 173 g/mol. The Morgan fingerprint density at radius 3 is 2.23 bits per heavy atom. The Morgan fingerprint density at radius 2 is 1.54 bits per heavy atom. The first kappa shape index (κ1) is 8.36. The second-order valence-corrected chi connectivity index (χ2v) is 3.88. The molecule has 0 fully saturated rings. The number of fused-ring (bicyclic) bond motifs is 1. The lowest BCUT2D eigenvalue weighted by Crippen LogP contribution is -1.86. The van der Waals surface area contributed by atoms with Crippen molar-refractivity contribution < 1.29 is 0 Å². The van der Waals surface area contributed by atoms with E-state index < -0.39 is 0 Å². The van der Waals surface area contributed by atoms with Crippen LogP contribution in [0, 0.1) is 20.8 Å². The van der Waals surface area contributed by atoms with Crippen molar-refractivity contribution >= 4 is 10.9 Å². The van der Waals surface area contributed by atoms with E-state index in [0.717, 1.165) is 0 Å². The average molecular weight is 173 g/mol. The third kappa shape index (κ3) is 1.15. The van der Waals surface area contributed by atoms with Gasteiger partial charge in [-0.05, 0) is 49.6 Å². The minimum absolute atomic E-state index is 1.33. The molecule has 0 unspecified atom stereocenters. The van der Waals surface area contributed by atoms with Crippen LogP contribution < -0.4 is 0 Å². The maximum Gasteiger partial charge on any atom is 0.0483 e. The Morgan fingerprint density at radius 1 is 0.923 bits per heavy atom. The summed E-state index contributed by atoms with van der Waals surface area (Å²) in [5.41, 5.74) is 5.44. The summed E-state index contributed by atoms with van der Waals surface area (Å²) >= 11 is 0. The molecule has 0 aliphatic rings. The number of nitrogens with zero attached hydrogens (tertiary/aromatic N) is 1. The van der Waals surface area contributed by atoms with Crippen molar-refractivity contribution in [2.45, 2.75) is 20.8 Å². The quantitative estimate of drug-likeness (QED) is 0.577. The summed E-state index contributed by atoms with van der Waals surface area (Å²) in [5.74, 6) is 0. The number of hydrogen-bond acceptors (Lipinski definition) is 0. The van der Waals surface area contributed by atoms with Crippen molar-refractivity contribution in [1.29, 1.82) is 0 Å². The molecule has 0 aliphatic heterocycles. The standard InChI is InChI=1S/C12H15N/c1-8-5-11-10(3)7-13(4)12(11)6-9(8)2/h5-7H,1-4H3. The molecule has 0 bridgehead atoms. The van der Waals surface area contributed by atoms with Crippen molar-refractivity contribution in [3.05, 3.63) is 35.0 Å². The lowest BCUT2D eigenvalue weighted by Gasteiger charge is -2.02. The lowest BCUT2D eigenvalue weighted by atomic mass is 10.1. The number of aryl methyl sites for hydroxylation is 4. The first-order valence-electron chi connectivity index (χ1n) is 4.62. The zero-order chi connectivity index (χ0) is 9.59. The molecule has 0 amide bonds. The minimum Gasteiger partial charge on any atom is -0.350 e. The maximum absolute atomic E-state index is 2.28. The molecule has 1 aromatic heterocycles. The second-order valence-electron chi connectivity index (χ2n) is 3.88. The molecule has 0 saturated heterocycles. The molecular weight excluding hydrogens is 158 g/mol. The zero-order valence-electron chi connectivity index (χ0n) is 8.68. The van der Waals surface area contributed by atoms with E-state index in [0.29, 0.717) is 0 Å². The van der Waals surface area contributed by atoms with Crippen LogP contribution in [0.4, 0.5) is 0 Å². The van der Waals surface area contributed by atoms with Gasteiger partial charge in [-0.25, -0.2) is 0 Å². The molecule has 0 N–H and O–H groups in total. The van der Waals surface area contributed by atoms with Gasteiger partial charge in [0.25, 0.3) is 0 Å². The summed E-state index contributed by atoms with van der Waals surface area (Å²) in [4.78, 5) is 0. The molecule has 2 aromatic rings. The van der Waals surface area contributed by atoms with Crippen LogP contribution in [0.5, 0.6) is 0 Å². The summed E-state index contributed by atoms with van der Waals surface area (Å²) < 4.78 is 2.19. The molecule has 0 radical (unpaired) electrons. The highest BCUT2D eigenvalue weighted by Gasteiger charge is 2.04. The third-order valence-electron chi connectivity index (χ3n) is 2.80. The summed E-state index contributed by atoms with van der Waals surface area (Å²) in [6.07, 6.45) is 2.18. The highest BCUT2D eigenvalue weighted by molar-refractivity contribution is 5.85. The van der Waals surface area contributed by atoms with Crippen LogP contribution in [0.25, 0.3) is 10.9 Å². The lowest BCUT2D eigenvalue weighted by molar-refractivity contribution is 0.963. The molecule has 0 atom stereocenters. The van der Waals surface area contributed by atoms with Crippen LogP contribution >= 0.6 is 0 Å². The molecule has 13 heavy (non-hydrogen) atoms. The fourth-order valence-electron chi connectivity index (χ4n) is 1.84. The van der Waals surface area contributed by atoms with Gasteiger partial charge in [0.2, 0.25) is 0 Å². The van der Waals surface area contributed by atoms with E-state index in [9.17, 15) is 0 Å². The van der Waals surface area contributed by atoms with E-state index in [4.69, 9.17) is 0 Å². The third-order valence-corrected chi connectivity index (χ3v) is 2.80. The molecule has 1 nitrogen and oxygen atoms in total. The van der Waals surface area contributed by atoms with Crippen LogP contribution in [-0.2, 0) is 7.05 Å². The summed E-state index contributed by atoms with van der Waals surface area (Å²) in [6, 6.07) is 4.54. The van der Waals surface area contributed by atoms with Gasteiger partial charge in [0.05, 0.1) is 0 Å². The van der Waals surface area contributed by atoms with Crippen molar-refractivity contribution in [3.63, 3.8) is 0 Å². The van der Waals surface area contributed by atoms with Crippen LogP contribution in [0.3, 0.4) is 0 Å². The topological polar surface area (TPSA) is 4.93 Å². The summed E-state index contributed by atoms with van der Waals surface area (Å²) in [5, 5.41) is 1.38. The van der Waals surface area contributed by atoms with Gasteiger partial charge >= 0.3 is 0 Å². The first-order chi connectivity index (χ1) is 6.09. The highest BCUT2D eigenvalue weighted by atomic mass is 14.9. The average Bonchev–Trinajstić information content (AvgIpc) is 2.31. The molecule has 68 valence electrons. The van der Waals surface area contributed by atoms with Crippen molar-refractivity contribution in [1.82, 2.24) is 4.57 Å². The molecule has 2 rings (SSSR count). The summed E-state index contributed by atoms with van der Waals surface area (Å²) in [6.45, 7) is 6.50. The number of benzene rings is 1. The number of hydrogen-bond donors (Lipinski definition) is 0. The van der Waals surface area contributed by atoms with E-state index >= 15 is 0 Å². The van der Waals surface area contributed by atoms with E-state index in [2.05, 4.69) is 50.7 Å². The zero-order valence-corrected chi connectivity index (χ0v) is 8.68. The van der Waals surface area contributed by atoms with Crippen LogP contribution in [0.1, 0.15) is 16.7 Å². The largest absolute Gasteiger partial charge is 0.350 e. The summed E-state index contributed by atoms with van der Waals surface area (Å²) in [7, 11) is 2.10. The fourth-order valence-corrected chi connectivity index (χ4v) is 1.84. The molecule has 1 aromatic carbocycles. The Balaban J connectivity index is 2.91. The van der Waals surface area contributed by atoms with Gasteiger partial charge in [0.15, 0.2) is 0 Å². The predicted octanol–water partition coefficient (Wildman–Crippen LogP) is 3.10. The van der Waals surface area contributed by atoms with E-state index in [-0.39, 0.29) is 0 Å². The number of aromatic nitrogens is 1. The molecular formula is C12H15N. The van der Waals surface area contributed by atoms with Gasteiger partial charge in [0, 0.05) is 24.1 Å². The predicted molar refractivity (Wildman–Crippen MR) is 57.1 cm³/mol.